The second-order valence-corrected chi connectivity index (χ2v) is 11.5. The maximum Gasteiger partial charge on any atom is 0.264 e. The van der Waals surface area contributed by atoms with Crippen LogP contribution in [0.15, 0.2) is 83.8 Å². The highest BCUT2D eigenvalue weighted by Gasteiger charge is 2.29. The number of anilines is 1. The van der Waals surface area contributed by atoms with Crippen LogP contribution in [0, 0.1) is 6.92 Å². The van der Waals surface area contributed by atoms with Crippen LogP contribution in [0.3, 0.4) is 0 Å². The van der Waals surface area contributed by atoms with Crippen LogP contribution in [0.25, 0.3) is 10.9 Å². The van der Waals surface area contributed by atoms with Crippen molar-refractivity contribution in [3.8, 4) is 5.75 Å². The van der Waals surface area contributed by atoms with E-state index in [0.29, 0.717) is 11.6 Å². The Morgan fingerprint density at radius 1 is 0.917 bits per heavy atom. The van der Waals surface area contributed by atoms with E-state index in [-0.39, 0.29) is 11.4 Å². The van der Waals surface area contributed by atoms with Crippen molar-refractivity contribution >= 4 is 26.6 Å². The van der Waals surface area contributed by atoms with Gasteiger partial charge in [-0.3, -0.25) is 9.29 Å². The predicted octanol–water partition coefficient (Wildman–Crippen LogP) is 7.00. The molecule has 0 amide bonds. The van der Waals surface area contributed by atoms with Gasteiger partial charge in [-0.2, -0.15) is 0 Å². The van der Waals surface area contributed by atoms with Crippen molar-refractivity contribution in [1.82, 2.24) is 4.98 Å². The number of sulfonamides is 1. The number of pyridine rings is 1. The van der Waals surface area contributed by atoms with Crippen LogP contribution in [0.1, 0.15) is 54.8 Å². The minimum absolute atomic E-state index is 0.207. The highest BCUT2D eigenvalue weighted by molar-refractivity contribution is 7.92. The van der Waals surface area contributed by atoms with E-state index in [9.17, 15) is 8.42 Å². The zero-order valence-electron chi connectivity index (χ0n) is 20.9. The fourth-order valence-electron chi connectivity index (χ4n) is 5.02. The monoisotopic (exact) mass is 500 g/mol. The number of hydrogen-bond donors (Lipinski definition) is 0. The number of aromatic nitrogens is 1. The number of methoxy groups -OCH3 is 1. The van der Waals surface area contributed by atoms with Gasteiger partial charge in [0, 0.05) is 17.0 Å². The lowest BCUT2D eigenvalue weighted by Crippen LogP contribution is -2.31. The summed E-state index contributed by atoms with van der Waals surface area (Å²) in [5.74, 6) is 1.09. The standard InChI is InChI=1S/C30H32N2O3S/c1-22-12-18-26(19-13-22)36(33,34)32(21-23-14-16-25(35-2)17-15-23)30-20-29(24-8-4-3-5-9-24)31-28-11-7-6-10-27(28)30/h6-7,10-20,24H,3-5,8-9,21H2,1-2H3. The third kappa shape index (κ3) is 4.96. The maximum absolute atomic E-state index is 14.2. The average Bonchev–Trinajstić information content (AvgIpc) is 2.92. The van der Waals surface area contributed by atoms with Crippen molar-refractivity contribution in [2.45, 2.75) is 56.4 Å². The van der Waals surface area contributed by atoms with Gasteiger partial charge in [-0.1, -0.05) is 67.3 Å². The summed E-state index contributed by atoms with van der Waals surface area (Å²) in [6.45, 7) is 2.16. The molecule has 0 saturated heterocycles. The van der Waals surface area contributed by atoms with Crippen LogP contribution in [0.4, 0.5) is 5.69 Å². The number of rotatable bonds is 7. The highest BCUT2D eigenvalue weighted by Crippen LogP contribution is 2.38. The summed E-state index contributed by atoms with van der Waals surface area (Å²) in [4.78, 5) is 5.28. The van der Waals surface area contributed by atoms with Gasteiger partial charge in [-0.05, 0) is 61.7 Å². The van der Waals surface area contributed by atoms with Crippen LogP contribution in [-0.2, 0) is 16.6 Å². The maximum atomic E-state index is 14.2. The first-order chi connectivity index (χ1) is 17.5. The molecule has 1 aliphatic carbocycles. The molecule has 1 heterocycles. The van der Waals surface area contributed by atoms with E-state index in [4.69, 9.17) is 9.72 Å². The highest BCUT2D eigenvalue weighted by atomic mass is 32.2. The molecule has 1 fully saturated rings. The Hall–Kier alpha value is -3.38. The molecule has 5 nitrogen and oxygen atoms in total. The smallest absolute Gasteiger partial charge is 0.264 e. The molecule has 6 heteroatoms. The van der Waals surface area contributed by atoms with Gasteiger partial charge < -0.3 is 4.74 Å². The number of aryl methyl sites for hydroxylation is 1. The molecule has 0 radical (unpaired) electrons. The summed E-state index contributed by atoms with van der Waals surface area (Å²) in [6, 6.07) is 24.5. The van der Waals surface area contributed by atoms with Crippen LogP contribution >= 0.6 is 0 Å². The van der Waals surface area contributed by atoms with E-state index < -0.39 is 10.0 Å². The van der Waals surface area contributed by atoms with E-state index >= 15 is 0 Å². The minimum Gasteiger partial charge on any atom is -0.497 e. The number of hydrogen-bond acceptors (Lipinski definition) is 4. The molecule has 3 aromatic carbocycles. The van der Waals surface area contributed by atoms with Gasteiger partial charge >= 0.3 is 0 Å². The van der Waals surface area contributed by atoms with Crippen molar-refractivity contribution in [3.63, 3.8) is 0 Å². The van der Waals surface area contributed by atoms with Crippen molar-refractivity contribution in [2.75, 3.05) is 11.4 Å². The van der Waals surface area contributed by atoms with Crippen molar-refractivity contribution < 1.29 is 13.2 Å². The third-order valence-corrected chi connectivity index (χ3v) is 8.87. The molecular weight excluding hydrogens is 468 g/mol. The normalized spacial score (nSPS) is 14.6. The number of para-hydroxylation sites is 1. The molecule has 0 spiro atoms. The summed E-state index contributed by atoms with van der Waals surface area (Å²) in [5, 5.41) is 0.834. The number of benzene rings is 3. The molecule has 36 heavy (non-hydrogen) atoms. The molecule has 0 unspecified atom stereocenters. The van der Waals surface area contributed by atoms with Crippen molar-refractivity contribution in [3.05, 3.63) is 95.7 Å². The Labute approximate surface area is 213 Å². The Bertz CT molecular complexity index is 1440. The summed E-state index contributed by atoms with van der Waals surface area (Å²) < 4.78 is 35.2. The fraction of sp³-hybridized carbons (Fsp3) is 0.300. The van der Waals surface area contributed by atoms with Crippen LogP contribution < -0.4 is 9.04 Å². The second-order valence-electron chi connectivity index (χ2n) is 9.59. The molecule has 1 aromatic heterocycles. The summed E-state index contributed by atoms with van der Waals surface area (Å²) in [7, 11) is -2.23. The molecule has 1 aliphatic rings. The SMILES string of the molecule is COc1ccc(CN(c2cc(C3CCCCC3)nc3ccccc23)S(=O)(=O)c2ccc(C)cc2)cc1. The van der Waals surface area contributed by atoms with Gasteiger partial charge in [0.2, 0.25) is 0 Å². The van der Waals surface area contributed by atoms with Gasteiger partial charge in [0.15, 0.2) is 0 Å². The van der Waals surface area contributed by atoms with Gasteiger partial charge in [0.25, 0.3) is 10.0 Å². The molecule has 1 saturated carbocycles. The summed E-state index contributed by atoms with van der Waals surface area (Å²) in [6.07, 6.45) is 5.81. The summed E-state index contributed by atoms with van der Waals surface area (Å²) >= 11 is 0. The minimum atomic E-state index is -3.85. The van der Waals surface area contributed by atoms with Crippen molar-refractivity contribution in [1.29, 1.82) is 0 Å². The lowest BCUT2D eigenvalue weighted by Gasteiger charge is -2.28. The molecule has 0 atom stereocenters. The van der Waals surface area contributed by atoms with Crippen LogP contribution in [0.2, 0.25) is 0 Å². The average molecular weight is 501 g/mol. The van der Waals surface area contributed by atoms with Crippen molar-refractivity contribution in [2.24, 2.45) is 0 Å². The second kappa shape index (κ2) is 10.3. The number of ether oxygens (including phenoxy) is 1. The Kier molecular flexibility index (Phi) is 6.97. The molecular formula is C30H32N2O3S. The van der Waals surface area contributed by atoms with Gasteiger partial charge in [0.1, 0.15) is 5.75 Å². The van der Waals surface area contributed by atoms with E-state index in [0.717, 1.165) is 46.3 Å². The first-order valence-corrected chi connectivity index (χ1v) is 14.0. The van der Waals surface area contributed by atoms with E-state index in [2.05, 4.69) is 0 Å². The zero-order chi connectivity index (χ0) is 25.1. The molecule has 5 rings (SSSR count). The Morgan fingerprint density at radius 2 is 1.61 bits per heavy atom. The number of fused-ring (bicyclic) bond motifs is 1. The fourth-order valence-corrected chi connectivity index (χ4v) is 6.49. The van der Waals surface area contributed by atoms with Crippen LogP contribution in [0.5, 0.6) is 5.75 Å². The van der Waals surface area contributed by atoms with E-state index in [1.165, 1.54) is 19.3 Å². The van der Waals surface area contributed by atoms with E-state index in [1.54, 1.807) is 23.5 Å². The Balaban J connectivity index is 1.68. The lowest BCUT2D eigenvalue weighted by molar-refractivity contribution is 0.414. The van der Waals surface area contributed by atoms with Gasteiger partial charge in [-0.15, -0.1) is 0 Å². The molecule has 186 valence electrons. The Morgan fingerprint density at radius 3 is 2.31 bits per heavy atom. The predicted molar refractivity (Wildman–Crippen MR) is 145 cm³/mol. The van der Waals surface area contributed by atoms with Gasteiger partial charge in [-0.25, -0.2) is 8.42 Å². The third-order valence-electron chi connectivity index (χ3n) is 7.10. The summed E-state index contributed by atoms with van der Waals surface area (Å²) in [5.41, 5.74) is 4.39. The lowest BCUT2D eigenvalue weighted by atomic mass is 9.86. The van der Waals surface area contributed by atoms with E-state index in [1.807, 2.05) is 73.7 Å². The topological polar surface area (TPSA) is 59.5 Å². The zero-order valence-corrected chi connectivity index (χ0v) is 21.7. The quantitative estimate of drug-likeness (QED) is 0.274. The largest absolute Gasteiger partial charge is 0.497 e. The first kappa shape index (κ1) is 24.3. The van der Waals surface area contributed by atoms with Gasteiger partial charge in [0.05, 0.1) is 29.8 Å². The molecule has 4 aromatic rings. The first-order valence-electron chi connectivity index (χ1n) is 12.6. The van der Waals surface area contributed by atoms with Crippen LogP contribution in [-0.4, -0.2) is 20.5 Å². The molecule has 0 N–H and O–H groups in total. The molecule has 0 bridgehead atoms. The number of nitrogens with zero attached hydrogens (tertiary/aromatic N) is 2. The molecule has 0 aliphatic heterocycles.